The first kappa shape index (κ1) is 17.5. The number of nitrogens with zero attached hydrogens (tertiary/aromatic N) is 2. The molecule has 0 radical (unpaired) electrons. The van der Waals surface area contributed by atoms with Gasteiger partial charge < -0.3 is 15.9 Å². The van der Waals surface area contributed by atoms with Gasteiger partial charge in [-0.15, -0.1) is 0 Å². The van der Waals surface area contributed by atoms with Crippen LogP contribution >= 0.6 is 11.6 Å². The molecule has 3 aromatic rings. The standard InChI is InChI=1S/C18H15ClN4O3/c19-12-3-1-2-10(6-12)7-14-16(17(20)26)18(23-22-14)21-9-11-4-5-13(24)8-15(11)25/h1-6,8-9,24-25H,7H2,(H2,20,26)(H,22,23). The summed E-state index contributed by atoms with van der Waals surface area (Å²) < 4.78 is 0. The van der Waals surface area contributed by atoms with Gasteiger partial charge in [-0.2, -0.15) is 5.10 Å². The highest BCUT2D eigenvalue weighted by atomic mass is 35.5. The largest absolute Gasteiger partial charge is 0.508 e. The Morgan fingerprint density at radius 2 is 2.08 bits per heavy atom. The van der Waals surface area contributed by atoms with Gasteiger partial charge in [-0.1, -0.05) is 23.7 Å². The Kier molecular flexibility index (Phi) is 4.90. The van der Waals surface area contributed by atoms with Gasteiger partial charge in [0.25, 0.3) is 5.91 Å². The Morgan fingerprint density at radius 3 is 2.77 bits per heavy atom. The number of H-pyrrole nitrogens is 1. The molecule has 0 aliphatic heterocycles. The van der Waals surface area contributed by atoms with Crippen molar-refractivity contribution in [3.63, 3.8) is 0 Å². The Hall–Kier alpha value is -3.32. The van der Waals surface area contributed by atoms with Crippen molar-refractivity contribution < 1.29 is 15.0 Å². The Morgan fingerprint density at radius 1 is 1.27 bits per heavy atom. The SMILES string of the molecule is NC(=O)c1c(N=Cc2ccc(O)cc2O)n[nH]c1Cc1cccc(Cl)c1. The molecule has 5 N–H and O–H groups in total. The number of carbonyl (C=O) groups is 1. The van der Waals surface area contributed by atoms with Crippen LogP contribution in [0.4, 0.5) is 5.82 Å². The maximum Gasteiger partial charge on any atom is 0.254 e. The zero-order valence-corrected chi connectivity index (χ0v) is 14.2. The van der Waals surface area contributed by atoms with Crippen LogP contribution in [-0.4, -0.2) is 32.5 Å². The van der Waals surface area contributed by atoms with Crippen molar-refractivity contribution in [2.75, 3.05) is 0 Å². The van der Waals surface area contributed by atoms with E-state index < -0.39 is 5.91 Å². The molecule has 3 rings (SSSR count). The highest BCUT2D eigenvalue weighted by Crippen LogP contribution is 2.25. The number of amides is 1. The Balaban J connectivity index is 1.92. The van der Waals surface area contributed by atoms with E-state index in [4.69, 9.17) is 17.3 Å². The smallest absolute Gasteiger partial charge is 0.254 e. The molecule has 0 unspecified atom stereocenters. The fraction of sp³-hybridized carbons (Fsp3) is 0.0556. The van der Waals surface area contributed by atoms with Crippen LogP contribution in [0.15, 0.2) is 47.5 Å². The Bertz CT molecular complexity index is 998. The molecule has 26 heavy (non-hydrogen) atoms. The lowest BCUT2D eigenvalue weighted by Crippen LogP contribution is -2.13. The first-order valence-corrected chi connectivity index (χ1v) is 7.99. The number of benzene rings is 2. The van der Waals surface area contributed by atoms with E-state index in [-0.39, 0.29) is 22.9 Å². The lowest BCUT2D eigenvalue weighted by molar-refractivity contribution is 0.100. The average molecular weight is 371 g/mol. The van der Waals surface area contributed by atoms with Crippen LogP contribution in [0.25, 0.3) is 0 Å². The van der Waals surface area contributed by atoms with Gasteiger partial charge >= 0.3 is 0 Å². The molecule has 0 aliphatic rings. The topological polar surface area (TPSA) is 125 Å². The maximum atomic E-state index is 11.9. The number of aromatic hydroxyl groups is 2. The number of nitrogens with two attached hydrogens (primary N) is 1. The predicted octanol–water partition coefficient (Wildman–Crippen LogP) is 2.91. The average Bonchev–Trinajstić information content (AvgIpc) is 2.97. The van der Waals surface area contributed by atoms with Gasteiger partial charge in [0.2, 0.25) is 0 Å². The first-order chi connectivity index (χ1) is 12.4. The van der Waals surface area contributed by atoms with Crippen molar-refractivity contribution in [2.45, 2.75) is 6.42 Å². The first-order valence-electron chi connectivity index (χ1n) is 7.61. The number of hydrogen-bond donors (Lipinski definition) is 4. The van der Waals surface area contributed by atoms with E-state index in [1.54, 1.807) is 12.1 Å². The van der Waals surface area contributed by atoms with E-state index in [1.807, 2.05) is 12.1 Å². The second-order valence-electron chi connectivity index (χ2n) is 5.57. The molecule has 0 fully saturated rings. The number of nitrogens with one attached hydrogen (secondary N) is 1. The van der Waals surface area contributed by atoms with Gasteiger partial charge in [-0.3, -0.25) is 9.89 Å². The minimum atomic E-state index is -0.669. The van der Waals surface area contributed by atoms with Crippen molar-refractivity contribution in [1.29, 1.82) is 0 Å². The quantitative estimate of drug-likeness (QED) is 0.515. The van der Waals surface area contributed by atoms with E-state index in [1.165, 1.54) is 24.4 Å². The van der Waals surface area contributed by atoms with Crippen LogP contribution in [0.3, 0.4) is 0 Å². The predicted molar refractivity (Wildman–Crippen MR) is 98.4 cm³/mol. The third kappa shape index (κ3) is 3.84. The van der Waals surface area contributed by atoms with Crippen molar-refractivity contribution in [3.05, 3.63) is 69.9 Å². The van der Waals surface area contributed by atoms with Crippen molar-refractivity contribution in [2.24, 2.45) is 10.7 Å². The highest BCUT2D eigenvalue weighted by Gasteiger charge is 2.18. The number of phenolic OH excluding ortho intramolecular Hbond substituents is 2. The minimum absolute atomic E-state index is 0.0685. The fourth-order valence-electron chi connectivity index (χ4n) is 2.47. The summed E-state index contributed by atoms with van der Waals surface area (Å²) in [6, 6.07) is 11.3. The molecule has 1 heterocycles. The molecule has 8 heteroatoms. The summed E-state index contributed by atoms with van der Waals surface area (Å²) in [5, 5.41) is 26.5. The number of halogens is 1. The number of aromatic nitrogens is 2. The number of hydrogen-bond acceptors (Lipinski definition) is 5. The molecule has 2 aromatic carbocycles. The molecule has 7 nitrogen and oxygen atoms in total. The number of aromatic amines is 1. The van der Waals surface area contributed by atoms with Crippen LogP contribution in [-0.2, 0) is 6.42 Å². The summed E-state index contributed by atoms with van der Waals surface area (Å²) in [6.45, 7) is 0. The van der Waals surface area contributed by atoms with Gasteiger partial charge in [0.15, 0.2) is 5.82 Å². The van der Waals surface area contributed by atoms with Gasteiger partial charge in [-0.25, -0.2) is 4.99 Å². The second kappa shape index (κ2) is 7.28. The molecule has 0 saturated carbocycles. The number of carbonyl (C=O) groups excluding carboxylic acids is 1. The molecule has 1 aromatic heterocycles. The van der Waals surface area contributed by atoms with Gasteiger partial charge in [0.05, 0.1) is 5.69 Å². The number of phenols is 2. The summed E-state index contributed by atoms with van der Waals surface area (Å²) in [4.78, 5) is 16.0. The van der Waals surface area contributed by atoms with E-state index in [9.17, 15) is 15.0 Å². The lowest BCUT2D eigenvalue weighted by atomic mass is 10.1. The minimum Gasteiger partial charge on any atom is -0.508 e. The molecule has 1 amide bonds. The Labute approximate surface area is 153 Å². The number of rotatable bonds is 5. The van der Waals surface area contributed by atoms with E-state index in [0.717, 1.165) is 5.56 Å². The van der Waals surface area contributed by atoms with Crippen LogP contribution in [0.5, 0.6) is 11.5 Å². The molecule has 0 atom stereocenters. The summed E-state index contributed by atoms with van der Waals surface area (Å²) in [6.07, 6.45) is 1.71. The summed E-state index contributed by atoms with van der Waals surface area (Å²) in [7, 11) is 0. The summed E-state index contributed by atoms with van der Waals surface area (Å²) >= 11 is 5.98. The van der Waals surface area contributed by atoms with Crippen molar-refractivity contribution >= 4 is 29.5 Å². The van der Waals surface area contributed by atoms with Crippen LogP contribution in [0.2, 0.25) is 5.02 Å². The van der Waals surface area contributed by atoms with Crippen molar-refractivity contribution in [3.8, 4) is 11.5 Å². The van der Waals surface area contributed by atoms with Crippen LogP contribution in [0, 0.1) is 0 Å². The van der Waals surface area contributed by atoms with Crippen molar-refractivity contribution in [1.82, 2.24) is 10.2 Å². The van der Waals surface area contributed by atoms with Crippen LogP contribution in [0.1, 0.15) is 27.2 Å². The number of aliphatic imine (C=N–C) groups is 1. The summed E-state index contributed by atoms with van der Waals surface area (Å²) in [5.41, 5.74) is 7.41. The normalized spacial score (nSPS) is 11.1. The fourth-order valence-corrected chi connectivity index (χ4v) is 2.68. The van der Waals surface area contributed by atoms with E-state index >= 15 is 0 Å². The zero-order chi connectivity index (χ0) is 18.7. The maximum absolute atomic E-state index is 11.9. The zero-order valence-electron chi connectivity index (χ0n) is 13.5. The molecule has 0 saturated heterocycles. The third-order valence-electron chi connectivity index (χ3n) is 3.68. The highest BCUT2D eigenvalue weighted by molar-refractivity contribution is 6.30. The van der Waals surface area contributed by atoms with Gasteiger partial charge in [0, 0.05) is 29.3 Å². The molecule has 0 aliphatic carbocycles. The lowest BCUT2D eigenvalue weighted by Gasteiger charge is -2.02. The third-order valence-corrected chi connectivity index (χ3v) is 3.91. The summed E-state index contributed by atoms with van der Waals surface area (Å²) in [5.74, 6) is -0.773. The second-order valence-corrected chi connectivity index (χ2v) is 6.01. The molecule has 132 valence electrons. The monoisotopic (exact) mass is 370 g/mol. The molecule has 0 bridgehead atoms. The number of primary amides is 1. The van der Waals surface area contributed by atoms with E-state index in [2.05, 4.69) is 15.2 Å². The molecular weight excluding hydrogens is 356 g/mol. The molecular formula is C18H15ClN4O3. The van der Waals surface area contributed by atoms with Gasteiger partial charge in [0.1, 0.15) is 17.1 Å². The van der Waals surface area contributed by atoms with Crippen LogP contribution < -0.4 is 5.73 Å². The van der Waals surface area contributed by atoms with E-state index in [0.29, 0.717) is 22.7 Å². The van der Waals surface area contributed by atoms with Gasteiger partial charge in [-0.05, 0) is 29.8 Å². The molecule has 0 spiro atoms.